The van der Waals surface area contributed by atoms with Crippen LogP contribution in [0.1, 0.15) is 6.42 Å². The molecule has 0 aromatic rings. The summed E-state index contributed by atoms with van der Waals surface area (Å²) in [5, 5.41) is 9.03. The van der Waals surface area contributed by atoms with E-state index in [2.05, 4.69) is 9.47 Å². The van der Waals surface area contributed by atoms with Crippen LogP contribution < -0.4 is 0 Å². The van der Waals surface area contributed by atoms with Gasteiger partial charge in [0, 0.05) is 0 Å². The van der Waals surface area contributed by atoms with Crippen molar-refractivity contribution in [1.82, 2.24) is 0 Å². The largest absolute Gasteiger partial charge is 0.456 e. The molecular weight excluding hydrogens is 152 g/mol. The summed E-state index contributed by atoms with van der Waals surface area (Å²) in [5.41, 5.74) is 0. The number of ether oxygens (including phenoxy) is 2. The number of carbonyl (C=O) groups excluding carboxylic acids is 2. The van der Waals surface area contributed by atoms with E-state index in [-0.39, 0.29) is 6.42 Å². The highest BCUT2D eigenvalue weighted by atomic mass is 16.6. The van der Waals surface area contributed by atoms with Crippen LogP contribution in [0, 0.1) is 0 Å². The van der Waals surface area contributed by atoms with E-state index in [4.69, 9.17) is 5.11 Å². The van der Waals surface area contributed by atoms with Gasteiger partial charge in [0.05, 0.1) is 6.42 Å². The number of aliphatic hydroxyl groups excluding tert-OH is 1. The molecule has 2 aliphatic heterocycles. The average Bonchev–Trinajstić information content (AvgIpc) is 2.37. The fraction of sp³-hybridized carbons (Fsp3) is 0.667. The highest BCUT2D eigenvalue weighted by Gasteiger charge is 2.51. The van der Waals surface area contributed by atoms with Gasteiger partial charge in [-0.2, -0.15) is 0 Å². The number of rotatable bonds is 0. The van der Waals surface area contributed by atoms with Crippen molar-refractivity contribution in [3.63, 3.8) is 0 Å². The summed E-state index contributed by atoms with van der Waals surface area (Å²) in [5.74, 6) is -1.13. The highest BCUT2D eigenvalue weighted by molar-refractivity contribution is 5.82. The second-order valence-electron chi connectivity index (χ2n) is 2.58. The maximum Gasteiger partial charge on any atom is 0.339 e. The van der Waals surface area contributed by atoms with Crippen LogP contribution in [0.2, 0.25) is 0 Å². The van der Waals surface area contributed by atoms with Gasteiger partial charge < -0.3 is 14.6 Å². The lowest BCUT2D eigenvalue weighted by molar-refractivity contribution is -0.152. The predicted molar refractivity (Wildman–Crippen MR) is 30.4 cm³/mol. The zero-order valence-corrected chi connectivity index (χ0v) is 5.52. The van der Waals surface area contributed by atoms with E-state index in [1.165, 1.54) is 0 Å². The molecule has 2 heterocycles. The van der Waals surface area contributed by atoms with E-state index in [9.17, 15) is 9.59 Å². The molecule has 0 bridgehead atoms. The van der Waals surface area contributed by atoms with Crippen LogP contribution in [0.25, 0.3) is 0 Å². The Balaban J connectivity index is 2.19. The number of fused-ring (bicyclic) bond motifs is 1. The number of hydrogen-bond acceptors (Lipinski definition) is 5. The van der Waals surface area contributed by atoms with Crippen LogP contribution in [0.15, 0.2) is 0 Å². The SMILES string of the molecule is O=C1CC2OC(=O)[C@H](O)C2O1. The normalized spacial score (nSPS) is 41.7. The standard InChI is InChI=1S/C6H6O5/c7-3-1-2-5(11-3)4(8)6(9)10-2/h2,4-5,8H,1H2/t2?,4-,5?/m1/s1. The van der Waals surface area contributed by atoms with Crippen LogP contribution in [0.3, 0.4) is 0 Å². The molecule has 2 saturated heterocycles. The molecule has 0 radical (unpaired) electrons. The molecule has 0 aliphatic carbocycles. The minimum Gasteiger partial charge on any atom is -0.456 e. The summed E-state index contributed by atoms with van der Waals surface area (Å²) in [7, 11) is 0. The summed E-state index contributed by atoms with van der Waals surface area (Å²) in [6.07, 6.45) is -2.56. The minimum atomic E-state index is -1.29. The molecule has 5 nitrogen and oxygen atoms in total. The third-order valence-electron chi connectivity index (χ3n) is 1.82. The molecule has 2 fully saturated rings. The molecule has 0 amide bonds. The molecule has 11 heavy (non-hydrogen) atoms. The first-order valence-electron chi connectivity index (χ1n) is 3.26. The Morgan fingerprint density at radius 2 is 2.09 bits per heavy atom. The lowest BCUT2D eigenvalue weighted by atomic mass is 10.1. The first kappa shape index (κ1) is 6.60. The van der Waals surface area contributed by atoms with Gasteiger partial charge >= 0.3 is 11.9 Å². The van der Waals surface area contributed by atoms with Crippen molar-refractivity contribution in [3.05, 3.63) is 0 Å². The monoisotopic (exact) mass is 158 g/mol. The predicted octanol–water partition coefficient (Wildman–Crippen LogP) is -1.41. The topological polar surface area (TPSA) is 72.8 Å². The van der Waals surface area contributed by atoms with E-state index in [0.29, 0.717) is 0 Å². The van der Waals surface area contributed by atoms with Crippen molar-refractivity contribution in [1.29, 1.82) is 0 Å². The molecular formula is C6H6O5. The molecule has 2 aliphatic rings. The second kappa shape index (κ2) is 1.94. The zero-order valence-electron chi connectivity index (χ0n) is 5.52. The van der Waals surface area contributed by atoms with Crippen molar-refractivity contribution >= 4 is 11.9 Å². The average molecular weight is 158 g/mol. The molecule has 60 valence electrons. The molecule has 0 spiro atoms. The number of hydrogen-bond donors (Lipinski definition) is 1. The summed E-state index contributed by atoms with van der Waals surface area (Å²) in [6, 6.07) is 0. The Hall–Kier alpha value is -1.10. The summed E-state index contributed by atoms with van der Waals surface area (Å²) in [4.78, 5) is 21.2. The van der Waals surface area contributed by atoms with E-state index < -0.39 is 30.3 Å². The van der Waals surface area contributed by atoms with E-state index in [1.807, 2.05) is 0 Å². The van der Waals surface area contributed by atoms with Gasteiger partial charge in [-0.1, -0.05) is 0 Å². The van der Waals surface area contributed by atoms with Gasteiger partial charge in [0.25, 0.3) is 0 Å². The third-order valence-corrected chi connectivity index (χ3v) is 1.82. The number of esters is 2. The summed E-state index contributed by atoms with van der Waals surface area (Å²) >= 11 is 0. The van der Waals surface area contributed by atoms with Crippen LogP contribution in [0.5, 0.6) is 0 Å². The van der Waals surface area contributed by atoms with E-state index in [1.54, 1.807) is 0 Å². The first-order chi connectivity index (χ1) is 5.18. The third kappa shape index (κ3) is 0.808. The molecule has 3 atom stereocenters. The quantitative estimate of drug-likeness (QED) is 0.438. The number of aliphatic hydroxyl groups is 1. The van der Waals surface area contributed by atoms with Crippen LogP contribution >= 0.6 is 0 Å². The molecule has 2 rings (SSSR count). The lowest BCUT2D eigenvalue weighted by Gasteiger charge is -2.05. The Labute approximate surface area is 61.9 Å². The fourth-order valence-corrected chi connectivity index (χ4v) is 1.29. The number of carbonyl (C=O) groups is 2. The maximum absolute atomic E-state index is 10.6. The van der Waals surface area contributed by atoms with E-state index >= 15 is 0 Å². The zero-order chi connectivity index (χ0) is 8.01. The first-order valence-corrected chi connectivity index (χ1v) is 3.26. The van der Waals surface area contributed by atoms with Crippen LogP contribution in [0.4, 0.5) is 0 Å². The van der Waals surface area contributed by atoms with Crippen LogP contribution in [-0.4, -0.2) is 35.4 Å². The second-order valence-corrected chi connectivity index (χ2v) is 2.58. The lowest BCUT2D eigenvalue weighted by Crippen LogP contribution is -2.29. The Morgan fingerprint density at radius 3 is 2.73 bits per heavy atom. The minimum absolute atomic E-state index is 0.0630. The van der Waals surface area contributed by atoms with Gasteiger partial charge in [0.2, 0.25) is 0 Å². The fourth-order valence-electron chi connectivity index (χ4n) is 1.29. The summed E-state index contributed by atoms with van der Waals surface area (Å²) < 4.78 is 9.27. The maximum atomic E-state index is 10.6. The van der Waals surface area contributed by atoms with Gasteiger partial charge in [-0.15, -0.1) is 0 Å². The van der Waals surface area contributed by atoms with Crippen molar-refractivity contribution in [3.8, 4) is 0 Å². The van der Waals surface area contributed by atoms with Gasteiger partial charge in [-0.25, -0.2) is 4.79 Å². The molecule has 2 unspecified atom stereocenters. The molecule has 0 aromatic carbocycles. The molecule has 0 saturated carbocycles. The Kier molecular flexibility index (Phi) is 1.17. The van der Waals surface area contributed by atoms with Crippen molar-refractivity contribution < 1.29 is 24.2 Å². The van der Waals surface area contributed by atoms with Gasteiger partial charge in [-0.3, -0.25) is 4.79 Å². The summed E-state index contributed by atoms with van der Waals surface area (Å²) in [6.45, 7) is 0. The van der Waals surface area contributed by atoms with Gasteiger partial charge in [0.15, 0.2) is 18.3 Å². The molecule has 5 heteroatoms. The van der Waals surface area contributed by atoms with Crippen molar-refractivity contribution in [2.45, 2.75) is 24.7 Å². The van der Waals surface area contributed by atoms with Crippen LogP contribution in [-0.2, 0) is 19.1 Å². The Bertz CT molecular complexity index is 223. The van der Waals surface area contributed by atoms with Crippen molar-refractivity contribution in [2.24, 2.45) is 0 Å². The Morgan fingerprint density at radius 1 is 1.36 bits per heavy atom. The van der Waals surface area contributed by atoms with Crippen molar-refractivity contribution in [2.75, 3.05) is 0 Å². The molecule has 1 N–H and O–H groups in total. The van der Waals surface area contributed by atoms with Gasteiger partial charge in [-0.05, 0) is 0 Å². The van der Waals surface area contributed by atoms with Gasteiger partial charge in [0.1, 0.15) is 0 Å². The van der Waals surface area contributed by atoms with E-state index in [0.717, 1.165) is 0 Å². The molecule has 0 aromatic heterocycles. The highest BCUT2D eigenvalue weighted by Crippen LogP contribution is 2.27. The smallest absolute Gasteiger partial charge is 0.339 e.